The van der Waals surface area contributed by atoms with Gasteiger partial charge >= 0.3 is 0 Å². The number of halogens is 1. The number of carbonyl (C=O) groups excluding carboxylic acids is 1. The molecule has 0 bridgehead atoms. The summed E-state index contributed by atoms with van der Waals surface area (Å²) in [5, 5.41) is 5.64. The molecule has 1 heterocycles. The van der Waals surface area contributed by atoms with Crippen molar-refractivity contribution in [3.63, 3.8) is 0 Å². The van der Waals surface area contributed by atoms with Gasteiger partial charge in [-0.25, -0.2) is 4.39 Å². The zero-order valence-corrected chi connectivity index (χ0v) is 16.6. The summed E-state index contributed by atoms with van der Waals surface area (Å²) in [6.07, 6.45) is 1.99. The molecule has 1 amide bonds. The number of ether oxygens (including phenoxy) is 1. The number of hydrogen-bond acceptors (Lipinski definition) is 4. The van der Waals surface area contributed by atoms with E-state index in [9.17, 15) is 9.18 Å². The van der Waals surface area contributed by atoms with E-state index in [0.717, 1.165) is 16.2 Å². The monoisotopic (exact) mass is 399 g/mol. The molecule has 0 aliphatic rings. The molecule has 28 heavy (non-hydrogen) atoms. The number of benzene rings is 2. The topological polar surface area (TPSA) is 55.3 Å². The van der Waals surface area contributed by atoms with Gasteiger partial charge in [0.25, 0.3) is 5.91 Å². The number of aromatic nitrogens is 1. The second-order valence-electron chi connectivity index (χ2n) is 6.10. The Morgan fingerprint density at radius 3 is 2.71 bits per heavy atom. The quantitative estimate of drug-likeness (QED) is 0.607. The average Bonchev–Trinajstić information content (AvgIpc) is 3.09. The van der Waals surface area contributed by atoms with Crippen molar-refractivity contribution in [2.45, 2.75) is 11.4 Å². The van der Waals surface area contributed by atoms with E-state index in [-0.39, 0.29) is 18.3 Å². The first-order valence-corrected chi connectivity index (χ1v) is 9.60. The maximum atomic E-state index is 14.4. The Hall–Kier alpha value is -2.77. The summed E-state index contributed by atoms with van der Waals surface area (Å²) in [6, 6.07) is 16.2. The van der Waals surface area contributed by atoms with Gasteiger partial charge in [-0.05, 0) is 61.0 Å². The van der Waals surface area contributed by atoms with Crippen LogP contribution in [0.4, 0.5) is 4.39 Å². The highest BCUT2D eigenvalue weighted by atomic mass is 32.2. The Labute approximate surface area is 168 Å². The molecule has 146 valence electrons. The molecule has 1 aromatic heterocycles. The fourth-order valence-electron chi connectivity index (χ4n) is 2.69. The van der Waals surface area contributed by atoms with Crippen molar-refractivity contribution in [2.24, 2.45) is 0 Å². The molecule has 0 radical (unpaired) electrons. The van der Waals surface area contributed by atoms with Gasteiger partial charge in [0, 0.05) is 30.2 Å². The summed E-state index contributed by atoms with van der Waals surface area (Å²) in [4.78, 5) is 12.3. The van der Waals surface area contributed by atoms with Crippen molar-refractivity contribution >= 4 is 17.9 Å². The van der Waals surface area contributed by atoms with Gasteiger partial charge < -0.3 is 15.4 Å². The second kappa shape index (κ2) is 9.43. The van der Waals surface area contributed by atoms with Crippen molar-refractivity contribution in [1.82, 2.24) is 14.6 Å². The van der Waals surface area contributed by atoms with E-state index in [0.29, 0.717) is 17.9 Å². The van der Waals surface area contributed by atoms with E-state index >= 15 is 0 Å². The molecule has 0 spiro atoms. The molecule has 0 saturated heterocycles. The lowest BCUT2D eigenvalue weighted by Gasteiger charge is -2.11. The summed E-state index contributed by atoms with van der Waals surface area (Å²) >= 11 is 1.46. The zero-order chi connectivity index (χ0) is 19.9. The first-order chi connectivity index (χ1) is 13.6. The molecule has 2 N–H and O–H groups in total. The van der Waals surface area contributed by atoms with Crippen LogP contribution in [0.25, 0.3) is 11.3 Å². The minimum Gasteiger partial charge on any atom is -0.484 e. The highest BCUT2D eigenvalue weighted by Gasteiger charge is 2.13. The third-order valence-corrected chi connectivity index (χ3v) is 4.99. The molecule has 3 rings (SSSR count). The van der Waals surface area contributed by atoms with Gasteiger partial charge in [-0.15, -0.1) is 0 Å². The average molecular weight is 399 g/mol. The van der Waals surface area contributed by atoms with Crippen LogP contribution in [0.1, 0.15) is 5.56 Å². The summed E-state index contributed by atoms with van der Waals surface area (Å²) in [5.74, 6) is 0.145. The fourth-order valence-corrected chi connectivity index (χ4v) is 3.67. The lowest BCUT2D eigenvalue weighted by atomic mass is 10.1. The van der Waals surface area contributed by atoms with Crippen LogP contribution in [0, 0.1) is 5.82 Å². The standard InChI is InChI=1S/C21H22FN3O2S/c1-23-12-15-10-20(18-8-3-4-9-19(18)22)25(13-15)28-17-7-5-6-16(11-17)27-14-21(26)24-2/h3-11,13,23H,12,14H2,1-2H3,(H,24,26). The first-order valence-electron chi connectivity index (χ1n) is 8.83. The van der Waals surface area contributed by atoms with Crippen LogP contribution in [-0.4, -0.2) is 30.6 Å². The smallest absolute Gasteiger partial charge is 0.257 e. The lowest BCUT2D eigenvalue weighted by Crippen LogP contribution is -2.24. The van der Waals surface area contributed by atoms with Crippen LogP contribution in [0.5, 0.6) is 5.75 Å². The molecule has 0 fully saturated rings. The Morgan fingerprint density at radius 1 is 1.14 bits per heavy atom. The summed E-state index contributed by atoms with van der Waals surface area (Å²) in [5.41, 5.74) is 2.38. The van der Waals surface area contributed by atoms with Crippen molar-refractivity contribution in [1.29, 1.82) is 0 Å². The maximum absolute atomic E-state index is 14.4. The molecule has 0 aliphatic carbocycles. The van der Waals surface area contributed by atoms with Crippen LogP contribution in [0.15, 0.2) is 65.7 Å². The molecule has 7 heteroatoms. The lowest BCUT2D eigenvalue weighted by molar-refractivity contribution is -0.122. The molecule has 0 atom stereocenters. The number of nitrogens with one attached hydrogen (secondary N) is 2. The van der Waals surface area contributed by atoms with Crippen molar-refractivity contribution in [3.8, 4) is 17.0 Å². The number of amides is 1. The molecule has 0 aliphatic heterocycles. The number of nitrogens with zero attached hydrogens (tertiary/aromatic N) is 1. The largest absolute Gasteiger partial charge is 0.484 e. The predicted octanol–water partition coefficient (Wildman–Crippen LogP) is 3.69. The minimum absolute atomic E-state index is 0.0407. The van der Waals surface area contributed by atoms with Gasteiger partial charge in [-0.1, -0.05) is 18.2 Å². The maximum Gasteiger partial charge on any atom is 0.257 e. The number of carbonyl (C=O) groups is 1. The van der Waals surface area contributed by atoms with E-state index in [1.807, 2.05) is 47.5 Å². The molecular formula is C21H22FN3O2S. The Balaban J connectivity index is 1.87. The van der Waals surface area contributed by atoms with E-state index in [2.05, 4.69) is 10.6 Å². The molecule has 0 unspecified atom stereocenters. The Kier molecular flexibility index (Phi) is 6.73. The minimum atomic E-state index is -0.263. The zero-order valence-electron chi connectivity index (χ0n) is 15.7. The van der Waals surface area contributed by atoms with Crippen LogP contribution in [0.3, 0.4) is 0 Å². The van der Waals surface area contributed by atoms with Gasteiger partial charge in [0.15, 0.2) is 6.61 Å². The van der Waals surface area contributed by atoms with Crippen molar-refractivity contribution in [3.05, 3.63) is 72.2 Å². The van der Waals surface area contributed by atoms with E-state index in [4.69, 9.17) is 4.74 Å². The van der Waals surface area contributed by atoms with Crippen LogP contribution < -0.4 is 15.4 Å². The third-order valence-electron chi connectivity index (χ3n) is 4.03. The van der Waals surface area contributed by atoms with Gasteiger partial charge in [-0.2, -0.15) is 0 Å². The number of likely N-dealkylation sites (N-methyl/N-ethyl adjacent to an activating group) is 1. The normalized spacial score (nSPS) is 10.7. The molecule has 0 saturated carbocycles. The summed E-state index contributed by atoms with van der Waals surface area (Å²) in [6.45, 7) is 0.644. The second-order valence-corrected chi connectivity index (χ2v) is 7.14. The van der Waals surface area contributed by atoms with Gasteiger partial charge in [0.1, 0.15) is 11.6 Å². The molecule has 5 nitrogen and oxygen atoms in total. The molecule has 3 aromatic rings. The SMILES string of the molecule is CNCc1cc(-c2ccccc2F)n(Sc2cccc(OCC(=O)NC)c2)c1. The molecule has 2 aromatic carbocycles. The van der Waals surface area contributed by atoms with Crippen LogP contribution >= 0.6 is 11.9 Å². The van der Waals surface area contributed by atoms with E-state index in [1.165, 1.54) is 18.0 Å². The molecular weight excluding hydrogens is 377 g/mol. The number of rotatable bonds is 8. The van der Waals surface area contributed by atoms with Crippen LogP contribution in [0.2, 0.25) is 0 Å². The van der Waals surface area contributed by atoms with Gasteiger partial charge in [0.05, 0.1) is 5.69 Å². The van der Waals surface area contributed by atoms with E-state index in [1.54, 1.807) is 25.2 Å². The Bertz CT molecular complexity index is 958. The van der Waals surface area contributed by atoms with E-state index < -0.39 is 0 Å². The highest BCUT2D eigenvalue weighted by molar-refractivity contribution is 7.98. The van der Waals surface area contributed by atoms with Crippen molar-refractivity contribution in [2.75, 3.05) is 20.7 Å². The van der Waals surface area contributed by atoms with Crippen LogP contribution in [-0.2, 0) is 11.3 Å². The Morgan fingerprint density at radius 2 is 1.96 bits per heavy atom. The van der Waals surface area contributed by atoms with Gasteiger partial charge in [0.2, 0.25) is 0 Å². The summed E-state index contributed by atoms with van der Waals surface area (Å²) in [7, 11) is 3.44. The van der Waals surface area contributed by atoms with Gasteiger partial charge in [-0.3, -0.25) is 8.77 Å². The summed E-state index contributed by atoms with van der Waals surface area (Å²) < 4.78 is 21.8. The first kappa shape index (κ1) is 20.0. The third kappa shape index (κ3) is 4.94. The highest BCUT2D eigenvalue weighted by Crippen LogP contribution is 2.33. The van der Waals surface area contributed by atoms with Crippen molar-refractivity contribution < 1.29 is 13.9 Å². The fraction of sp³-hybridized carbons (Fsp3) is 0.190. The number of hydrogen-bond donors (Lipinski definition) is 2. The predicted molar refractivity (Wildman–Crippen MR) is 110 cm³/mol.